The molecule has 6 N–H and O–H groups in total. The lowest BCUT2D eigenvalue weighted by Crippen LogP contribution is -2.36. The Labute approximate surface area is 195 Å². The zero-order valence-electron chi connectivity index (χ0n) is 19.2. The zero-order valence-corrected chi connectivity index (χ0v) is 20.0. The summed E-state index contributed by atoms with van der Waals surface area (Å²) in [6, 6.07) is 1.51. The number of hydrogen-bond donors (Lipinski definition) is 4. The number of anilines is 2. The smallest absolute Gasteiger partial charge is 0.280 e. The molecule has 0 radical (unpaired) electrons. The van der Waals surface area contributed by atoms with Crippen molar-refractivity contribution in [2.75, 3.05) is 16.9 Å². The van der Waals surface area contributed by atoms with E-state index >= 15 is 0 Å². The second kappa shape index (κ2) is 10.4. The Morgan fingerprint density at radius 2 is 1.91 bits per heavy atom. The second-order valence-corrected chi connectivity index (χ2v) is 9.43. The first-order valence-electron chi connectivity index (χ1n) is 9.98. The lowest BCUT2D eigenvalue weighted by molar-refractivity contribution is -0.125. The van der Waals surface area contributed by atoms with E-state index in [9.17, 15) is 14.4 Å². The first kappa shape index (κ1) is 25.7. The highest BCUT2D eigenvalue weighted by Crippen LogP contribution is 2.22. The number of aryl methyl sites for hydroxylation is 1. The number of nitrogens with two attached hydrogens (primary N) is 2. The van der Waals surface area contributed by atoms with Gasteiger partial charge in [-0.2, -0.15) is 4.99 Å². The fraction of sp³-hybridized carbons (Fsp3) is 0.381. The van der Waals surface area contributed by atoms with Crippen molar-refractivity contribution in [3.8, 4) is 0 Å². The van der Waals surface area contributed by atoms with Gasteiger partial charge in [-0.1, -0.05) is 32.1 Å². The van der Waals surface area contributed by atoms with Crippen LogP contribution in [0.1, 0.15) is 55.0 Å². The van der Waals surface area contributed by atoms with Crippen molar-refractivity contribution in [1.29, 1.82) is 5.41 Å². The Kier molecular flexibility index (Phi) is 8.12. The van der Waals surface area contributed by atoms with E-state index in [0.717, 1.165) is 11.3 Å². The molecule has 176 valence electrons. The SMILES string of the molecule is CC(=O)Nc1ncc(C(=N)CN(N)c2cc(C(=O)N=C(N)CC(=O)C(C)(C)C)cnc2C)s1. The van der Waals surface area contributed by atoms with Crippen molar-refractivity contribution in [2.45, 2.75) is 41.0 Å². The van der Waals surface area contributed by atoms with Crippen LogP contribution in [0.25, 0.3) is 0 Å². The summed E-state index contributed by atoms with van der Waals surface area (Å²) >= 11 is 1.15. The third kappa shape index (κ3) is 7.26. The van der Waals surface area contributed by atoms with Gasteiger partial charge in [0.05, 0.1) is 40.5 Å². The van der Waals surface area contributed by atoms with Crippen molar-refractivity contribution >= 4 is 51.3 Å². The highest BCUT2D eigenvalue weighted by molar-refractivity contribution is 7.17. The van der Waals surface area contributed by atoms with Gasteiger partial charge in [0, 0.05) is 24.7 Å². The number of rotatable bonds is 8. The van der Waals surface area contributed by atoms with E-state index in [2.05, 4.69) is 20.3 Å². The number of pyridine rings is 1. The third-order valence-electron chi connectivity index (χ3n) is 4.45. The Hall–Kier alpha value is -3.51. The number of aromatic nitrogens is 2. The lowest BCUT2D eigenvalue weighted by atomic mass is 9.89. The number of nitrogens with one attached hydrogen (secondary N) is 2. The summed E-state index contributed by atoms with van der Waals surface area (Å²) in [7, 11) is 0. The molecule has 0 saturated heterocycles. The van der Waals surface area contributed by atoms with Gasteiger partial charge in [-0.15, -0.1) is 0 Å². The Balaban J connectivity index is 2.15. The number of hydrogen-bond acceptors (Lipinski definition) is 9. The molecule has 0 spiro atoms. The second-order valence-electron chi connectivity index (χ2n) is 8.40. The van der Waals surface area contributed by atoms with Crippen molar-refractivity contribution in [1.82, 2.24) is 9.97 Å². The van der Waals surface area contributed by atoms with E-state index < -0.39 is 11.3 Å². The van der Waals surface area contributed by atoms with Crippen LogP contribution in [0.3, 0.4) is 0 Å². The molecular weight excluding hydrogens is 444 g/mol. The molecule has 33 heavy (non-hydrogen) atoms. The van der Waals surface area contributed by atoms with Gasteiger partial charge in [-0.3, -0.25) is 19.4 Å². The van der Waals surface area contributed by atoms with E-state index in [4.69, 9.17) is 17.0 Å². The van der Waals surface area contributed by atoms with Gasteiger partial charge >= 0.3 is 0 Å². The van der Waals surface area contributed by atoms with E-state index in [1.54, 1.807) is 27.7 Å². The van der Waals surface area contributed by atoms with Gasteiger partial charge < -0.3 is 21.5 Å². The van der Waals surface area contributed by atoms with Gasteiger partial charge in [0.2, 0.25) is 5.91 Å². The van der Waals surface area contributed by atoms with Gasteiger partial charge in [-0.25, -0.2) is 10.8 Å². The average Bonchev–Trinajstić information content (AvgIpc) is 3.15. The summed E-state index contributed by atoms with van der Waals surface area (Å²) in [4.78, 5) is 48.4. The number of ketones is 1. The maximum atomic E-state index is 12.5. The van der Waals surface area contributed by atoms with Crippen LogP contribution in [-0.2, 0) is 9.59 Å². The maximum Gasteiger partial charge on any atom is 0.280 e. The number of carbonyl (C=O) groups is 3. The van der Waals surface area contributed by atoms with Gasteiger partial charge in [-0.05, 0) is 13.0 Å². The molecule has 0 aliphatic carbocycles. The number of carbonyl (C=O) groups excluding carboxylic acids is 3. The van der Waals surface area contributed by atoms with Gasteiger partial charge in [0.15, 0.2) is 5.13 Å². The van der Waals surface area contributed by atoms with E-state index in [1.807, 2.05) is 0 Å². The quantitative estimate of drug-likeness (QED) is 0.195. The summed E-state index contributed by atoms with van der Waals surface area (Å²) in [5.74, 6) is 5.05. The van der Waals surface area contributed by atoms with Crippen LogP contribution in [0, 0.1) is 17.7 Å². The van der Waals surface area contributed by atoms with Crippen LogP contribution in [0.4, 0.5) is 10.8 Å². The third-order valence-corrected chi connectivity index (χ3v) is 5.43. The minimum absolute atomic E-state index is 0.00730. The minimum Gasteiger partial charge on any atom is -0.387 e. The molecule has 2 amide bonds. The predicted molar refractivity (Wildman–Crippen MR) is 129 cm³/mol. The number of aliphatic imine (C=N–C) groups is 1. The molecular formula is C21H28N8O3S. The Bertz CT molecular complexity index is 1120. The van der Waals surface area contributed by atoms with Gasteiger partial charge in [0.1, 0.15) is 11.6 Å². The van der Waals surface area contributed by atoms with Crippen LogP contribution in [0.5, 0.6) is 0 Å². The van der Waals surface area contributed by atoms with E-state index in [-0.39, 0.29) is 41.8 Å². The molecule has 0 aromatic carbocycles. The largest absolute Gasteiger partial charge is 0.387 e. The molecule has 0 bridgehead atoms. The minimum atomic E-state index is -0.645. The molecule has 0 aliphatic rings. The molecule has 0 fully saturated rings. The van der Waals surface area contributed by atoms with E-state index in [0.29, 0.717) is 21.4 Å². The molecule has 2 heterocycles. The number of amidine groups is 1. The van der Waals surface area contributed by atoms with Crippen molar-refractivity contribution in [3.05, 3.63) is 34.6 Å². The lowest BCUT2D eigenvalue weighted by Gasteiger charge is -2.20. The van der Waals surface area contributed by atoms with E-state index in [1.165, 1.54) is 30.4 Å². The van der Waals surface area contributed by atoms with Crippen LogP contribution >= 0.6 is 11.3 Å². The monoisotopic (exact) mass is 472 g/mol. The molecule has 11 nitrogen and oxygen atoms in total. The molecule has 0 atom stereocenters. The normalized spacial score (nSPS) is 11.8. The summed E-state index contributed by atoms with van der Waals surface area (Å²) < 4.78 is 0. The first-order chi connectivity index (χ1) is 15.3. The molecule has 2 aromatic heterocycles. The van der Waals surface area contributed by atoms with Crippen molar-refractivity contribution in [3.63, 3.8) is 0 Å². The van der Waals surface area contributed by atoms with Crippen LogP contribution in [0.2, 0.25) is 0 Å². The Morgan fingerprint density at radius 1 is 1.24 bits per heavy atom. The molecule has 0 saturated carbocycles. The molecule has 2 rings (SSSR count). The summed E-state index contributed by atoms with van der Waals surface area (Å²) in [6.45, 7) is 8.39. The number of amides is 2. The summed E-state index contributed by atoms with van der Waals surface area (Å²) in [5, 5.41) is 12.5. The topological polar surface area (TPSA) is 181 Å². The fourth-order valence-corrected chi connectivity index (χ4v) is 3.35. The maximum absolute atomic E-state index is 12.5. The van der Waals surface area contributed by atoms with Crippen LogP contribution < -0.4 is 21.9 Å². The standard InChI is InChI=1S/C21H28N8O3S/c1-11-15(29(24)10-14(22)16-9-26-20(33-16)27-12(2)30)6-13(8-25-11)19(32)28-18(23)7-17(31)21(3,4)5/h6,8-9,22H,7,10,24H2,1-5H3,(H2,23,28,32)(H,26,27,30). The molecule has 2 aromatic rings. The first-order valence-corrected chi connectivity index (χ1v) is 10.8. The van der Waals surface area contributed by atoms with Crippen LogP contribution in [-0.4, -0.2) is 45.7 Å². The molecule has 0 aliphatic heterocycles. The summed E-state index contributed by atoms with van der Waals surface area (Å²) in [6.07, 6.45) is 2.70. The van der Waals surface area contributed by atoms with Gasteiger partial charge in [0.25, 0.3) is 5.91 Å². The van der Waals surface area contributed by atoms with Crippen LogP contribution in [0.15, 0.2) is 23.5 Å². The predicted octanol–water partition coefficient (Wildman–Crippen LogP) is 2.06. The average molecular weight is 473 g/mol. The summed E-state index contributed by atoms with van der Waals surface area (Å²) in [5.41, 5.74) is 6.50. The molecule has 0 unspecified atom stereocenters. The zero-order chi connectivity index (χ0) is 24.9. The number of thiazole rings is 1. The number of hydrazine groups is 1. The highest BCUT2D eigenvalue weighted by atomic mass is 32.1. The number of Topliss-reactive ketones (excluding diaryl/α,β-unsaturated/α-hetero) is 1. The van der Waals surface area contributed by atoms with Crippen molar-refractivity contribution < 1.29 is 14.4 Å². The fourth-order valence-electron chi connectivity index (χ4n) is 2.55. The highest BCUT2D eigenvalue weighted by Gasteiger charge is 2.22. The molecule has 12 heteroatoms. The Morgan fingerprint density at radius 3 is 2.52 bits per heavy atom. The van der Waals surface area contributed by atoms with Crippen molar-refractivity contribution in [2.24, 2.45) is 22.0 Å². The number of nitrogens with zero attached hydrogens (tertiary/aromatic N) is 4.